The number of nitro groups is 1. The highest BCUT2D eigenvalue weighted by Crippen LogP contribution is 2.26. The molecule has 1 aromatic rings. The molecule has 20 heavy (non-hydrogen) atoms. The average Bonchev–Trinajstić information content (AvgIpc) is 2.41. The first-order valence-electron chi connectivity index (χ1n) is 6.74. The third-order valence-corrected chi connectivity index (χ3v) is 4.15. The van der Waals surface area contributed by atoms with Gasteiger partial charge in [0, 0.05) is 17.7 Å². The molecule has 0 spiro atoms. The zero-order valence-corrected chi connectivity index (χ0v) is 12.0. The number of carbonyl (C=O) groups excluding carboxylic acids is 1. The Bertz CT molecular complexity index is 533. The smallest absolute Gasteiger partial charge is 0.288 e. The van der Waals surface area contributed by atoms with E-state index in [1.54, 1.807) is 0 Å². The van der Waals surface area contributed by atoms with Gasteiger partial charge in [-0.25, -0.2) is 0 Å². The molecule has 0 radical (unpaired) electrons. The van der Waals surface area contributed by atoms with E-state index >= 15 is 0 Å². The van der Waals surface area contributed by atoms with Crippen LogP contribution < -0.4 is 5.32 Å². The van der Waals surface area contributed by atoms with Gasteiger partial charge in [-0.15, -0.1) is 0 Å². The first-order valence-corrected chi connectivity index (χ1v) is 7.11. The molecule has 1 saturated carbocycles. The Morgan fingerprint density at radius 1 is 1.40 bits per heavy atom. The summed E-state index contributed by atoms with van der Waals surface area (Å²) in [5.74, 6) is 0.165. The van der Waals surface area contributed by atoms with Gasteiger partial charge in [0.2, 0.25) is 0 Å². The van der Waals surface area contributed by atoms with E-state index in [9.17, 15) is 14.9 Å². The minimum absolute atomic E-state index is 0.0394. The number of benzene rings is 1. The van der Waals surface area contributed by atoms with Gasteiger partial charge in [-0.2, -0.15) is 0 Å². The number of amides is 1. The molecular formula is C14H17ClN2O3. The van der Waals surface area contributed by atoms with E-state index < -0.39 is 4.92 Å². The lowest BCUT2D eigenvalue weighted by molar-refractivity contribution is -0.384. The summed E-state index contributed by atoms with van der Waals surface area (Å²) in [5.41, 5.74) is 0.0369. The molecule has 2 rings (SSSR count). The van der Waals surface area contributed by atoms with Gasteiger partial charge < -0.3 is 5.32 Å². The van der Waals surface area contributed by atoms with Crippen LogP contribution in [-0.2, 0) is 0 Å². The van der Waals surface area contributed by atoms with Crippen LogP contribution in [0.4, 0.5) is 5.69 Å². The van der Waals surface area contributed by atoms with E-state index in [0.717, 1.165) is 19.3 Å². The van der Waals surface area contributed by atoms with Gasteiger partial charge in [0.15, 0.2) is 0 Å². The third-order valence-electron chi connectivity index (χ3n) is 3.83. The van der Waals surface area contributed by atoms with Crippen LogP contribution in [0.15, 0.2) is 18.2 Å². The Morgan fingerprint density at radius 3 is 2.75 bits per heavy atom. The second kappa shape index (κ2) is 6.22. The van der Waals surface area contributed by atoms with Crippen LogP contribution in [0, 0.1) is 16.0 Å². The van der Waals surface area contributed by atoms with Crippen molar-refractivity contribution in [1.82, 2.24) is 5.32 Å². The fourth-order valence-corrected chi connectivity index (χ4v) is 2.76. The summed E-state index contributed by atoms with van der Waals surface area (Å²) in [7, 11) is 0. The summed E-state index contributed by atoms with van der Waals surface area (Å²) < 4.78 is 0. The van der Waals surface area contributed by atoms with Crippen molar-refractivity contribution in [3.05, 3.63) is 38.9 Å². The molecule has 5 nitrogen and oxygen atoms in total. The highest BCUT2D eigenvalue weighted by molar-refractivity contribution is 6.32. The quantitative estimate of drug-likeness (QED) is 0.684. The standard InChI is InChI=1S/C14H17ClN2O3/c1-9-4-2-3-5-12(9)16-14(18)10-6-7-11(15)13(8-10)17(19)20/h6-9,12H,2-5H2,1H3,(H,16,18)/t9-,12+/m0/s1. The number of rotatable bonds is 3. The summed E-state index contributed by atoms with van der Waals surface area (Å²) in [6.45, 7) is 2.12. The van der Waals surface area contributed by atoms with Crippen LogP contribution in [0.5, 0.6) is 0 Å². The van der Waals surface area contributed by atoms with Crippen molar-refractivity contribution >= 4 is 23.2 Å². The monoisotopic (exact) mass is 296 g/mol. The van der Waals surface area contributed by atoms with Crippen LogP contribution in [0.1, 0.15) is 43.0 Å². The number of hydrogen-bond acceptors (Lipinski definition) is 3. The van der Waals surface area contributed by atoms with Crippen LogP contribution in [0.3, 0.4) is 0 Å². The van der Waals surface area contributed by atoms with E-state index in [1.165, 1.54) is 24.6 Å². The average molecular weight is 297 g/mol. The van der Waals surface area contributed by atoms with Crippen LogP contribution in [0.25, 0.3) is 0 Å². The number of nitrogens with zero attached hydrogens (tertiary/aromatic N) is 1. The Hall–Kier alpha value is -1.62. The van der Waals surface area contributed by atoms with Gasteiger partial charge in [0.25, 0.3) is 11.6 Å². The summed E-state index contributed by atoms with van der Waals surface area (Å²) in [4.78, 5) is 22.4. The Labute approximate surface area is 122 Å². The van der Waals surface area contributed by atoms with Crippen molar-refractivity contribution < 1.29 is 9.72 Å². The zero-order chi connectivity index (χ0) is 14.7. The molecule has 0 saturated heterocycles. The summed E-state index contributed by atoms with van der Waals surface area (Å²) in [6, 6.07) is 4.27. The molecule has 1 fully saturated rings. The molecule has 108 valence electrons. The predicted octanol–water partition coefficient (Wildman–Crippen LogP) is 3.56. The highest BCUT2D eigenvalue weighted by Gasteiger charge is 2.24. The molecule has 0 heterocycles. The third kappa shape index (κ3) is 3.28. The SMILES string of the molecule is C[C@H]1CCCC[C@H]1NC(=O)c1ccc(Cl)c([N+](=O)[O-])c1. The van der Waals surface area contributed by atoms with Crippen LogP contribution in [0.2, 0.25) is 5.02 Å². The van der Waals surface area contributed by atoms with Crippen LogP contribution in [-0.4, -0.2) is 16.9 Å². The molecule has 1 aliphatic carbocycles. The maximum absolute atomic E-state index is 12.2. The van der Waals surface area contributed by atoms with E-state index in [1.807, 2.05) is 0 Å². The minimum atomic E-state index is -0.581. The number of halogens is 1. The highest BCUT2D eigenvalue weighted by atomic mass is 35.5. The lowest BCUT2D eigenvalue weighted by Crippen LogP contribution is -2.41. The molecule has 0 aromatic heterocycles. The molecule has 1 aliphatic rings. The molecule has 2 atom stereocenters. The van der Waals surface area contributed by atoms with Crippen molar-refractivity contribution in [2.45, 2.75) is 38.6 Å². The van der Waals surface area contributed by atoms with E-state index in [4.69, 9.17) is 11.6 Å². The summed E-state index contributed by atoms with van der Waals surface area (Å²) in [5, 5.41) is 13.8. The Balaban J connectivity index is 2.13. The maximum Gasteiger partial charge on any atom is 0.288 e. The normalized spacial score (nSPS) is 22.3. The fraction of sp³-hybridized carbons (Fsp3) is 0.500. The van der Waals surface area contributed by atoms with E-state index in [0.29, 0.717) is 5.92 Å². The second-order valence-corrected chi connectivity index (χ2v) is 5.67. The molecule has 0 aliphatic heterocycles. The van der Waals surface area contributed by atoms with Gasteiger partial charge in [-0.3, -0.25) is 14.9 Å². The fourth-order valence-electron chi connectivity index (χ4n) is 2.58. The lowest BCUT2D eigenvalue weighted by Gasteiger charge is -2.29. The van der Waals surface area contributed by atoms with Gasteiger partial charge in [0.1, 0.15) is 5.02 Å². The molecule has 6 heteroatoms. The lowest BCUT2D eigenvalue weighted by atomic mass is 9.86. The molecule has 0 unspecified atom stereocenters. The van der Waals surface area contributed by atoms with Crippen molar-refractivity contribution in [3.63, 3.8) is 0 Å². The van der Waals surface area contributed by atoms with Gasteiger partial charge in [0.05, 0.1) is 4.92 Å². The number of nitrogens with one attached hydrogen (secondary N) is 1. The van der Waals surface area contributed by atoms with Crippen molar-refractivity contribution in [1.29, 1.82) is 0 Å². The number of hydrogen-bond donors (Lipinski definition) is 1. The van der Waals surface area contributed by atoms with Crippen molar-refractivity contribution in [2.75, 3.05) is 0 Å². The second-order valence-electron chi connectivity index (χ2n) is 5.26. The zero-order valence-electron chi connectivity index (χ0n) is 11.3. The molecular weight excluding hydrogens is 280 g/mol. The van der Waals surface area contributed by atoms with Crippen molar-refractivity contribution in [2.24, 2.45) is 5.92 Å². The van der Waals surface area contributed by atoms with Gasteiger partial charge in [-0.1, -0.05) is 31.4 Å². The molecule has 1 N–H and O–H groups in total. The van der Waals surface area contributed by atoms with Gasteiger partial charge in [-0.05, 0) is 30.9 Å². The van der Waals surface area contributed by atoms with Gasteiger partial charge >= 0.3 is 0 Å². The van der Waals surface area contributed by atoms with E-state index in [-0.39, 0.29) is 28.2 Å². The minimum Gasteiger partial charge on any atom is -0.349 e. The summed E-state index contributed by atoms with van der Waals surface area (Å²) >= 11 is 5.74. The molecule has 1 aromatic carbocycles. The first-order chi connectivity index (χ1) is 9.49. The van der Waals surface area contributed by atoms with Crippen molar-refractivity contribution in [3.8, 4) is 0 Å². The summed E-state index contributed by atoms with van der Waals surface area (Å²) in [6.07, 6.45) is 4.37. The molecule has 1 amide bonds. The number of nitro benzene ring substituents is 1. The topological polar surface area (TPSA) is 72.2 Å². The van der Waals surface area contributed by atoms with E-state index in [2.05, 4.69) is 12.2 Å². The first kappa shape index (κ1) is 14.8. The maximum atomic E-state index is 12.2. The van der Waals surface area contributed by atoms with Crippen LogP contribution >= 0.6 is 11.6 Å². The Morgan fingerprint density at radius 2 is 2.10 bits per heavy atom. The number of carbonyl (C=O) groups is 1. The predicted molar refractivity (Wildman–Crippen MR) is 77.0 cm³/mol. The Kier molecular flexibility index (Phi) is 4.60. The molecule has 0 bridgehead atoms. The largest absolute Gasteiger partial charge is 0.349 e.